The maximum absolute atomic E-state index is 13.0. The van der Waals surface area contributed by atoms with Gasteiger partial charge in [-0.3, -0.25) is 0 Å². The monoisotopic (exact) mass is 210 g/mol. The molecule has 1 aromatic heterocycles. The molecule has 0 aliphatic heterocycles. The summed E-state index contributed by atoms with van der Waals surface area (Å²) >= 11 is 0. The van der Waals surface area contributed by atoms with E-state index in [0.29, 0.717) is 16.7 Å². The van der Waals surface area contributed by atoms with Crippen LogP contribution in [0.1, 0.15) is 5.82 Å². The molecule has 15 heavy (non-hydrogen) atoms. The topological polar surface area (TPSA) is 63.8 Å². The third-order valence-electron chi connectivity index (χ3n) is 1.99. The van der Waals surface area contributed by atoms with Crippen molar-refractivity contribution in [3.05, 3.63) is 29.6 Å². The van der Waals surface area contributed by atoms with Crippen molar-refractivity contribution in [2.75, 3.05) is 5.43 Å². The first-order valence-corrected chi connectivity index (χ1v) is 4.22. The lowest BCUT2D eigenvalue weighted by atomic mass is 10.2. The van der Waals surface area contributed by atoms with Crippen molar-refractivity contribution in [2.45, 2.75) is 6.92 Å². The van der Waals surface area contributed by atoms with E-state index in [1.807, 2.05) is 0 Å². The van der Waals surface area contributed by atoms with Crippen LogP contribution in [0.3, 0.4) is 0 Å². The van der Waals surface area contributed by atoms with Gasteiger partial charge in [-0.15, -0.1) is 0 Å². The number of benzene rings is 1. The summed E-state index contributed by atoms with van der Waals surface area (Å²) in [6.07, 6.45) is 0. The number of fused-ring (bicyclic) bond motifs is 1. The summed E-state index contributed by atoms with van der Waals surface area (Å²) in [5.74, 6) is 4.03. The maximum atomic E-state index is 13.0. The summed E-state index contributed by atoms with van der Waals surface area (Å²) in [7, 11) is 0. The van der Waals surface area contributed by atoms with E-state index in [4.69, 9.17) is 5.84 Å². The van der Waals surface area contributed by atoms with Gasteiger partial charge >= 0.3 is 0 Å². The predicted molar refractivity (Wildman–Crippen MR) is 52.0 cm³/mol. The smallest absolute Gasteiger partial charge is 0.161 e. The van der Waals surface area contributed by atoms with Crippen molar-refractivity contribution >= 4 is 16.7 Å². The average Bonchev–Trinajstić information content (AvgIpc) is 2.19. The highest BCUT2D eigenvalue weighted by atomic mass is 19.2. The van der Waals surface area contributed by atoms with Gasteiger partial charge in [0.1, 0.15) is 5.82 Å². The first kappa shape index (κ1) is 9.72. The molecule has 0 fully saturated rings. The van der Waals surface area contributed by atoms with Crippen molar-refractivity contribution in [1.29, 1.82) is 0 Å². The fourth-order valence-corrected chi connectivity index (χ4v) is 1.35. The van der Waals surface area contributed by atoms with Crippen molar-refractivity contribution in [3.8, 4) is 0 Å². The Morgan fingerprint density at radius 3 is 2.53 bits per heavy atom. The lowest BCUT2D eigenvalue weighted by Crippen LogP contribution is -2.10. The predicted octanol–water partition coefficient (Wildman–Crippen LogP) is 1.50. The third kappa shape index (κ3) is 1.59. The van der Waals surface area contributed by atoms with Crippen LogP contribution >= 0.6 is 0 Å². The minimum atomic E-state index is -0.952. The number of hydrogen-bond acceptors (Lipinski definition) is 4. The van der Waals surface area contributed by atoms with Crippen LogP contribution in [0.15, 0.2) is 12.1 Å². The molecular weight excluding hydrogens is 202 g/mol. The normalized spacial score (nSPS) is 10.7. The summed E-state index contributed by atoms with van der Waals surface area (Å²) in [6, 6.07) is 2.03. The summed E-state index contributed by atoms with van der Waals surface area (Å²) in [5.41, 5.74) is 2.63. The van der Waals surface area contributed by atoms with Crippen molar-refractivity contribution in [2.24, 2.45) is 5.84 Å². The molecule has 0 amide bonds. The number of aromatic nitrogens is 2. The van der Waals surface area contributed by atoms with E-state index in [9.17, 15) is 8.78 Å². The zero-order valence-electron chi connectivity index (χ0n) is 7.88. The second-order valence-electron chi connectivity index (χ2n) is 3.05. The SMILES string of the molecule is Cc1nc(NN)c2cc(F)c(F)cc2n1. The lowest BCUT2D eigenvalue weighted by molar-refractivity contribution is 0.510. The first-order valence-electron chi connectivity index (χ1n) is 4.22. The van der Waals surface area contributed by atoms with Gasteiger partial charge in [0.25, 0.3) is 0 Å². The molecule has 0 radical (unpaired) electrons. The van der Waals surface area contributed by atoms with Crippen molar-refractivity contribution in [1.82, 2.24) is 9.97 Å². The number of hydrogen-bond donors (Lipinski definition) is 2. The number of rotatable bonds is 1. The van der Waals surface area contributed by atoms with E-state index in [2.05, 4.69) is 15.4 Å². The summed E-state index contributed by atoms with van der Waals surface area (Å²) in [6.45, 7) is 1.64. The molecule has 0 aliphatic carbocycles. The van der Waals surface area contributed by atoms with Gasteiger partial charge in [-0.05, 0) is 13.0 Å². The lowest BCUT2D eigenvalue weighted by Gasteiger charge is -2.05. The van der Waals surface area contributed by atoms with Crippen LogP contribution in [0.4, 0.5) is 14.6 Å². The second kappa shape index (κ2) is 3.39. The molecule has 0 saturated heterocycles. The van der Waals surface area contributed by atoms with Crippen molar-refractivity contribution in [3.63, 3.8) is 0 Å². The number of hydrazine groups is 1. The highest BCUT2D eigenvalue weighted by Gasteiger charge is 2.09. The van der Waals surface area contributed by atoms with Gasteiger partial charge in [0.15, 0.2) is 17.5 Å². The third-order valence-corrected chi connectivity index (χ3v) is 1.99. The Labute approximate surface area is 84.1 Å². The number of halogens is 2. The van der Waals surface area contributed by atoms with Gasteiger partial charge in [-0.1, -0.05) is 0 Å². The molecular formula is C9H8F2N4. The molecule has 2 rings (SSSR count). The second-order valence-corrected chi connectivity index (χ2v) is 3.05. The van der Waals surface area contributed by atoms with Gasteiger partial charge in [0.2, 0.25) is 0 Å². The highest BCUT2D eigenvalue weighted by molar-refractivity contribution is 5.88. The van der Waals surface area contributed by atoms with E-state index in [-0.39, 0.29) is 5.82 Å². The Morgan fingerprint density at radius 2 is 1.87 bits per heavy atom. The van der Waals surface area contributed by atoms with E-state index < -0.39 is 11.6 Å². The Balaban J connectivity index is 2.84. The van der Waals surface area contributed by atoms with E-state index in [1.54, 1.807) is 6.92 Å². The van der Waals surface area contributed by atoms with Gasteiger partial charge in [0.05, 0.1) is 5.52 Å². The van der Waals surface area contributed by atoms with Gasteiger partial charge in [-0.25, -0.2) is 24.6 Å². The van der Waals surface area contributed by atoms with Crippen LogP contribution in [0.5, 0.6) is 0 Å². The molecule has 2 aromatic rings. The molecule has 0 bridgehead atoms. The molecule has 78 valence electrons. The summed E-state index contributed by atoms with van der Waals surface area (Å²) in [4.78, 5) is 7.93. The average molecular weight is 210 g/mol. The molecule has 3 N–H and O–H groups in total. The molecule has 4 nitrogen and oxygen atoms in total. The fourth-order valence-electron chi connectivity index (χ4n) is 1.35. The molecule has 0 aliphatic rings. The minimum Gasteiger partial charge on any atom is -0.308 e. The number of nitrogens with two attached hydrogens (primary N) is 1. The maximum Gasteiger partial charge on any atom is 0.161 e. The Bertz CT molecular complexity index is 527. The first-order chi connectivity index (χ1) is 7.11. The van der Waals surface area contributed by atoms with Gasteiger partial charge in [0, 0.05) is 11.5 Å². The minimum absolute atomic E-state index is 0.274. The number of nitrogen functional groups attached to an aromatic ring is 1. The number of nitrogens with zero attached hydrogens (tertiary/aromatic N) is 2. The van der Waals surface area contributed by atoms with E-state index in [1.165, 1.54) is 0 Å². The Hall–Kier alpha value is -1.82. The Kier molecular flexibility index (Phi) is 2.20. The molecule has 0 saturated carbocycles. The molecule has 0 spiro atoms. The Morgan fingerprint density at radius 1 is 1.20 bits per heavy atom. The number of anilines is 1. The number of nitrogens with one attached hydrogen (secondary N) is 1. The fraction of sp³-hybridized carbons (Fsp3) is 0.111. The van der Waals surface area contributed by atoms with E-state index in [0.717, 1.165) is 12.1 Å². The van der Waals surface area contributed by atoms with Crippen LogP contribution in [-0.2, 0) is 0 Å². The zero-order chi connectivity index (χ0) is 11.0. The largest absolute Gasteiger partial charge is 0.308 e. The molecule has 0 atom stereocenters. The van der Waals surface area contributed by atoms with E-state index >= 15 is 0 Å². The van der Waals surface area contributed by atoms with Crippen LogP contribution in [0, 0.1) is 18.6 Å². The van der Waals surface area contributed by atoms with Crippen LogP contribution in [0.25, 0.3) is 10.9 Å². The quantitative estimate of drug-likeness (QED) is 0.553. The number of aryl methyl sites for hydroxylation is 1. The molecule has 0 unspecified atom stereocenters. The molecule has 6 heteroatoms. The van der Waals surface area contributed by atoms with Crippen LogP contribution < -0.4 is 11.3 Å². The summed E-state index contributed by atoms with van der Waals surface area (Å²) < 4.78 is 25.9. The zero-order valence-corrected chi connectivity index (χ0v) is 7.88. The van der Waals surface area contributed by atoms with Crippen LogP contribution in [-0.4, -0.2) is 9.97 Å². The van der Waals surface area contributed by atoms with Crippen molar-refractivity contribution < 1.29 is 8.78 Å². The summed E-state index contributed by atoms with van der Waals surface area (Å²) in [5, 5.41) is 0.349. The van der Waals surface area contributed by atoms with Crippen LogP contribution in [0.2, 0.25) is 0 Å². The standard InChI is InChI=1S/C9H8F2N4/c1-4-13-8-3-7(11)6(10)2-5(8)9(14-4)15-12/h2-3H,12H2,1H3,(H,13,14,15). The van der Waals surface area contributed by atoms with Gasteiger partial charge in [-0.2, -0.15) is 0 Å². The molecule has 1 heterocycles. The highest BCUT2D eigenvalue weighted by Crippen LogP contribution is 2.22. The van der Waals surface area contributed by atoms with Gasteiger partial charge < -0.3 is 5.43 Å². The molecule has 1 aromatic carbocycles.